The number of nitrogens with zero attached hydrogens (tertiary/aromatic N) is 1. The zero-order valence-electron chi connectivity index (χ0n) is 19.5. The monoisotopic (exact) mass is 479 g/mol. The molecule has 168 valence electrons. The maximum Gasteiger partial charge on any atom is 1.00 e. The van der Waals surface area contributed by atoms with Crippen LogP contribution in [-0.4, -0.2) is 46.8 Å². The quantitative estimate of drug-likeness (QED) is 0.406. The van der Waals surface area contributed by atoms with E-state index in [0.717, 1.165) is 11.1 Å². The Labute approximate surface area is 219 Å². The van der Waals surface area contributed by atoms with Crippen molar-refractivity contribution in [2.75, 3.05) is 7.05 Å². The number of carbonyl (C=O) groups is 4. The second-order valence-corrected chi connectivity index (χ2v) is 7.84. The summed E-state index contributed by atoms with van der Waals surface area (Å²) in [6.07, 6.45) is 0.999. The number of hydrogen-bond acceptors (Lipinski definition) is 4. The third-order valence-electron chi connectivity index (χ3n) is 5.07. The molecule has 10 heteroatoms. The zero-order chi connectivity index (χ0) is 23.4. The van der Waals surface area contributed by atoms with E-state index in [-0.39, 0.29) is 31.0 Å². The van der Waals surface area contributed by atoms with Gasteiger partial charge in [0, 0.05) is 29.4 Å². The summed E-state index contributed by atoms with van der Waals surface area (Å²) in [5.41, 5.74) is 2.38. The molecule has 8 nitrogen and oxygen atoms in total. The molecule has 0 aliphatic carbocycles. The molecule has 0 saturated carbocycles. The molecule has 0 radical (unpaired) electrons. The Kier molecular flexibility index (Phi) is 9.25. The molecule has 2 aromatic rings. The Morgan fingerprint density at radius 2 is 1.88 bits per heavy atom. The van der Waals surface area contributed by atoms with Gasteiger partial charge in [0.25, 0.3) is 5.91 Å². The van der Waals surface area contributed by atoms with E-state index in [4.69, 9.17) is 11.6 Å². The molecule has 2 atom stereocenters. The van der Waals surface area contributed by atoms with Crippen LogP contribution < -0.4 is 40.2 Å². The molecule has 0 fully saturated rings. The van der Waals surface area contributed by atoms with Gasteiger partial charge in [0.05, 0.1) is 12.5 Å². The average Bonchev–Trinajstić information content (AvgIpc) is 2.75. The molecule has 1 heterocycles. The molecular formula is C23H23ClN3NaO5. The Bertz CT molecular complexity index is 1130. The van der Waals surface area contributed by atoms with Crippen LogP contribution in [0.1, 0.15) is 26.4 Å². The number of likely N-dealkylation sites (N-methyl/N-ethyl adjacent to an activating group) is 1. The minimum atomic E-state index is -1.37. The largest absolute Gasteiger partial charge is 1.00 e. The molecule has 3 rings (SSSR count). The number of nitrogens with one attached hydrogen (secondary N) is 2. The van der Waals surface area contributed by atoms with Gasteiger partial charge in [0.1, 0.15) is 0 Å². The Balaban J connectivity index is 0.00000289. The van der Waals surface area contributed by atoms with Crippen molar-refractivity contribution in [3.63, 3.8) is 0 Å². The average molecular weight is 480 g/mol. The Morgan fingerprint density at radius 1 is 1.18 bits per heavy atom. The molecule has 1 aliphatic rings. The predicted octanol–water partition coefficient (Wildman–Crippen LogP) is 0.252. The summed E-state index contributed by atoms with van der Waals surface area (Å²) >= 11 is 6.27. The van der Waals surface area contributed by atoms with Crippen molar-refractivity contribution < 1.29 is 55.3 Å². The maximum atomic E-state index is 12.6. The number of aliphatic carboxylic acids is 1. The molecule has 0 bridgehead atoms. The van der Waals surface area contributed by atoms with Crippen LogP contribution in [0.4, 0.5) is 4.79 Å². The fourth-order valence-electron chi connectivity index (χ4n) is 3.46. The van der Waals surface area contributed by atoms with Crippen molar-refractivity contribution >= 4 is 35.3 Å². The fourth-order valence-corrected chi connectivity index (χ4v) is 3.71. The molecule has 2 unspecified atom stereocenters. The third kappa shape index (κ3) is 6.45. The first-order chi connectivity index (χ1) is 15.2. The van der Waals surface area contributed by atoms with Crippen LogP contribution in [0.15, 0.2) is 60.3 Å². The van der Waals surface area contributed by atoms with Crippen molar-refractivity contribution in [2.24, 2.45) is 0 Å². The third-order valence-corrected chi connectivity index (χ3v) is 5.40. The first kappa shape index (κ1) is 26.6. The van der Waals surface area contributed by atoms with E-state index in [1.54, 1.807) is 37.3 Å². The van der Waals surface area contributed by atoms with E-state index >= 15 is 0 Å². The summed E-state index contributed by atoms with van der Waals surface area (Å²) in [5, 5.41) is 14.8. The van der Waals surface area contributed by atoms with Gasteiger partial charge >= 0.3 is 41.6 Å². The van der Waals surface area contributed by atoms with Gasteiger partial charge in [-0.2, -0.15) is 0 Å². The predicted molar refractivity (Wildman–Crippen MR) is 120 cm³/mol. The fraction of sp³-hybridized carbons (Fsp3) is 0.217. The zero-order valence-corrected chi connectivity index (χ0v) is 21.2. The normalized spacial score (nSPS) is 16.4. The summed E-state index contributed by atoms with van der Waals surface area (Å²) in [4.78, 5) is 49.9. The number of Topliss-reactive ketones (excluding diaryl/α,β-unsaturated/α-hetero) is 1. The minimum Gasteiger partial charge on any atom is -1.00 e. The van der Waals surface area contributed by atoms with Crippen LogP contribution in [0, 0.1) is 0 Å². The number of amides is 3. The molecule has 0 aromatic heterocycles. The molecule has 3 N–H and O–H groups in total. The second kappa shape index (κ2) is 11.5. The van der Waals surface area contributed by atoms with Gasteiger partial charge in [-0.3, -0.25) is 14.4 Å². The Hall–Kier alpha value is -2.65. The van der Waals surface area contributed by atoms with Crippen molar-refractivity contribution in [1.29, 1.82) is 0 Å². The first-order valence-corrected chi connectivity index (χ1v) is 10.2. The van der Waals surface area contributed by atoms with Crippen LogP contribution in [-0.2, 0) is 14.4 Å². The van der Waals surface area contributed by atoms with E-state index < -0.39 is 42.2 Å². The second-order valence-electron chi connectivity index (χ2n) is 7.43. The van der Waals surface area contributed by atoms with Crippen LogP contribution >= 0.6 is 11.6 Å². The van der Waals surface area contributed by atoms with E-state index in [2.05, 4.69) is 10.6 Å². The van der Waals surface area contributed by atoms with Crippen LogP contribution in [0.5, 0.6) is 0 Å². The number of hydrogen-bond donors (Lipinski definition) is 3. The molecule has 2 aromatic carbocycles. The van der Waals surface area contributed by atoms with Gasteiger partial charge in [-0.05, 0) is 30.2 Å². The van der Waals surface area contributed by atoms with Crippen LogP contribution in [0.25, 0.3) is 11.1 Å². The Morgan fingerprint density at radius 3 is 2.55 bits per heavy atom. The van der Waals surface area contributed by atoms with E-state index in [1.807, 2.05) is 18.2 Å². The minimum absolute atomic E-state index is 0. The van der Waals surface area contributed by atoms with Crippen LogP contribution in [0.2, 0.25) is 5.02 Å². The van der Waals surface area contributed by atoms with Gasteiger partial charge in [-0.15, -0.1) is 0 Å². The number of ketones is 1. The van der Waals surface area contributed by atoms with E-state index in [9.17, 15) is 24.3 Å². The van der Waals surface area contributed by atoms with Crippen molar-refractivity contribution in [1.82, 2.24) is 15.5 Å². The summed E-state index contributed by atoms with van der Waals surface area (Å²) in [7, 11) is 1.48. The van der Waals surface area contributed by atoms with Gasteiger partial charge in [-0.1, -0.05) is 48.0 Å². The number of urea groups is 1. The topological polar surface area (TPSA) is 116 Å². The summed E-state index contributed by atoms with van der Waals surface area (Å²) < 4.78 is 0. The van der Waals surface area contributed by atoms with Crippen molar-refractivity contribution in [3.05, 3.63) is 70.9 Å². The number of benzene rings is 2. The molecular weight excluding hydrogens is 457 g/mol. The van der Waals surface area contributed by atoms with E-state index in [0.29, 0.717) is 16.2 Å². The van der Waals surface area contributed by atoms with E-state index in [1.165, 1.54) is 18.1 Å². The number of carboxylic acids is 1. The summed E-state index contributed by atoms with van der Waals surface area (Å²) in [5.74, 6) is -2.22. The first-order valence-electron chi connectivity index (χ1n) is 9.80. The van der Waals surface area contributed by atoms with Gasteiger partial charge in [0.2, 0.25) is 0 Å². The van der Waals surface area contributed by atoms with Gasteiger partial charge in [0.15, 0.2) is 11.8 Å². The maximum absolute atomic E-state index is 12.6. The molecule has 3 amide bonds. The van der Waals surface area contributed by atoms with Gasteiger partial charge in [-0.25, -0.2) is 4.79 Å². The summed E-state index contributed by atoms with van der Waals surface area (Å²) in [6.45, 7) is 1.55. The van der Waals surface area contributed by atoms with Crippen LogP contribution in [0.3, 0.4) is 0 Å². The van der Waals surface area contributed by atoms with Gasteiger partial charge < -0.3 is 22.1 Å². The van der Waals surface area contributed by atoms with Crippen molar-refractivity contribution in [2.45, 2.75) is 25.4 Å². The standard InChI is InChI=1S/C23H22ClN3O5.Na.H/c1-13-12-27(2)22(31)20(21(13)30)26-23(32)25-18(11-19(28)29)15-7-5-6-14(10-15)16-8-3-4-9-17(16)24;;/h3-10,12,18,20H,11H2,1-2H3,(H,28,29)(H2,25,26,32);;/q;+1;-1. The number of rotatable bonds is 6. The van der Waals surface area contributed by atoms with Crippen molar-refractivity contribution in [3.8, 4) is 11.1 Å². The SMILES string of the molecule is CC1=CN(C)C(=O)C(NC(=O)NC(CC(=O)O)c2cccc(-c3ccccc3Cl)c2)C1=O.[H-].[Na+]. The smallest absolute Gasteiger partial charge is 1.00 e. The summed E-state index contributed by atoms with van der Waals surface area (Å²) in [6, 6.07) is 11.1. The number of carbonyl (C=O) groups excluding carboxylic acids is 3. The molecule has 0 spiro atoms. The molecule has 0 saturated heterocycles. The molecule has 1 aliphatic heterocycles. The molecule has 33 heavy (non-hydrogen) atoms. The number of halogens is 1. The number of carboxylic acid groups (broad SMARTS) is 1.